The van der Waals surface area contributed by atoms with Gasteiger partial charge in [-0.15, -0.1) is 0 Å². The van der Waals surface area contributed by atoms with Crippen molar-refractivity contribution in [1.29, 1.82) is 0 Å². The third kappa shape index (κ3) is 7.54. The lowest BCUT2D eigenvalue weighted by molar-refractivity contribution is -0.137. The van der Waals surface area contributed by atoms with Crippen molar-refractivity contribution < 1.29 is 9.59 Å². The van der Waals surface area contributed by atoms with Gasteiger partial charge in [-0.25, -0.2) is 0 Å². The maximum absolute atomic E-state index is 12.6. The summed E-state index contributed by atoms with van der Waals surface area (Å²) < 4.78 is 0. The number of piperidine rings is 1. The summed E-state index contributed by atoms with van der Waals surface area (Å²) in [4.78, 5) is 31.8. The van der Waals surface area contributed by atoms with E-state index in [9.17, 15) is 9.59 Å². The molecule has 6 nitrogen and oxygen atoms in total. The molecule has 0 radical (unpaired) electrons. The molecular formula is C18H36N4O2S. The van der Waals surface area contributed by atoms with Crippen LogP contribution in [0.15, 0.2) is 0 Å². The summed E-state index contributed by atoms with van der Waals surface area (Å²) in [7, 11) is 2.13. The first-order valence-corrected chi connectivity index (χ1v) is 9.44. The average Bonchev–Trinajstić information content (AvgIpc) is 2.56. The molecule has 2 fully saturated rings. The van der Waals surface area contributed by atoms with Crippen LogP contribution in [-0.2, 0) is 9.59 Å². The number of rotatable bonds is 6. The molecule has 7 heteroatoms. The second-order valence-corrected chi connectivity index (χ2v) is 7.61. The fourth-order valence-corrected chi connectivity index (χ4v) is 3.47. The zero-order valence-electron chi connectivity index (χ0n) is 16.1. The van der Waals surface area contributed by atoms with Gasteiger partial charge in [-0.1, -0.05) is 0 Å². The number of piperazine rings is 1. The van der Waals surface area contributed by atoms with Crippen molar-refractivity contribution in [3.05, 3.63) is 0 Å². The number of hydrogen-bond donors (Lipinski definition) is 1. The topological polar surface area (TPSA) is 55.9 Å². The highest BCUT2D eigenvalue weighted by atomic mass is 32.1. The molecule has 0 bridgehead atoms. The van der Waals surface area contributed by atoms with E-state index in [2.05, 4.69) is 22.2 Å². The molecule has 0 aliphatic carbocycles. The molecule has 0 spiro atoms. The summed E-state index contributed by atoms with van der Waals surface area (Å²) in [6.07, 6.45) is 3.73. The Morgan fingerprint density at radius 3 is 2.12 bits per heavy atom. The number of hydrogen-bond acceptors (Lipinski definition) is 4. The van der Waals surface area contributed by atoms with Crippen molar-refractivity contribution in [2.24, 2.45) is 5.92 Å². The van der Waals surface area contributed by atoms with Crippen molar-refractivity contribution in [2.75, 3.05) is 52.9 Å². The largest absolute Gasteiger partial charge is 0.354 e. The molecule has 146 valence electrons. The van der Waals surface area contributed by atoms with E-state index in [1.165, 1.54) is 6.42 Å². The molecule has 2 aliphatic heterocycles. The molecule has 2 aliphatic rings. The highest BCUT2D eigenvalue weighted by Gasteiger charge is 2.28. The molecule has 25 heavy (non-hydrogen) atoms. The lowest BCUT2D eigenvalue weighted by atomic mass is 10.0. The van der Waals surface area contributed by atoms with Gasteiger partial charge in [0, 0.05) is 58.3 Å². The third-order valence-corrected chi connectivity index (χ3v) is 5.01. The Balaban J connectivity index is 0.00000312. The van der Waals surface area contributed by atoms with Crippen LogP contribution in [0.5, 0.6) is 0 Å². The van der Waals surface area contributed by atoms with Crippen LogP contribution < -0.4 is 5.32 Å². The summed E-state index contributed by atoms with van der Waals surface area (Å²) in [5, 5.41) is 3.00. The van der Waals surface area contributed by atoms with Crippen molar-refractivity contribution in [3.63, 3.8) is 0 Å². The van der Waals surface area contributed by atoms with Gasteiger partial charge >= 0.3 is 0 Å². The molecule has 0 aromatic rings. The molecule has 2 saturated heterocycles. The highest BCUT2D eigenvalue weighted by molar-refractivity contribution is 7.59. The van der Waals surface area contributed by atoms with Crippen LogP contribution in [0, 0.1) is 5.92 Å². The maximum Gasteiger partial charge on any atom is 0.225 e. The Kier molecular flexibility index (Phi) is 9.82. The van der Waals surface area contributed by atoms with E-state index in [0.717, 1.165) is 52.1 Å². The first kappa shape index (κ1) is 22.3. The Morgan fingerprint density at radius 1 is 0.960 bits per heavy atom. The Hall–Kier alpha value is -0.790. The molecule has 2 amide bonds. The molecule has 0 unspecified atom stereocenters. The second-order valence-electron chi connectivity index (χ2n) is 7.61. The first-order valence-electron chi connectivity index (χ1n) is 9.44. The van der Waals surface area contributed by atoms with Gasteiger partial charge in [-0.2, -0.15) is 13.5 Å². The molecule has 0 aromatic carbocycles. The predicted octanol–water partition coefficient (Wildman–Crippen LogP) is 0.890. The molecular weight excluding hydrogens is 336 g/mol. The first-order chi connectivity index (χ1) is 11.5. The minimum absolute atomic E-state index is 0. The average molecular weight is 373 g/mol. The Labute approximate surface area is 159 Å². The van der Waals surface area contributed by atoms with E-state index in [1.54, 1.807) is 0 Å². The van der Waals surface area contributed by atoms with E-state index >= 15 is 0 Å². The van der Waals surface area contributed by atoms with Crippen molar-refractivity contribution in [1.82, 2.24) is 20.0 Å². The smallest absolute Gasteiger partial charge is 0.225 e. The molecule has 0 saturated carbocycles. The van der Waals surface area contributed by atoms with Crippen molar-refractivity contribution in [3.8, 4) is 0 Å². The summed E-state index contributed by atoms with van der Waals surface area (Å²) in [6.45, 7) is 10.3. The van der Waals surface area contributed by atoms with E-state index in [1.807, 2.05) is 18.7 Å². The van der Waals surface area contributed by atoms with Crippen LogP contribution in [0.4, 0.5) is 0 Å². The summed E-state index contributed by atoms with van der Waals surface area (Å²) >= 11 is 0. The Bertz CT molecular complexity index is 419. The van der Waals surface area contributed by atoms with E-state index in [0.29, 0.717) is 13.0 Å². The number of carbonyl (C=O) groups excluding carboxylic acids is 2. The number of nitrogens with one attached hydrogen (secondary N) is 1. The standard InChI is InChI=1S/C18H34N4O2.H2S/c1-15(2)19-18(24)16(14-21-11-9-20(3)10-12-21)13-17(23)22-7-5-4-6-8-22;/h15-16H,4-14H2,1-3H3,(H,19,24);1H2/t16-;/m0./s1. The zero-order valence-corrected chi connectivity index (χ0v) is 17.1. The second kappa shape index (κ2) is 11.0. The fourth-order valence-electron chi connectivity index (χ4n) is 3.47. The molecule has 2 heterocycles. The van der Waals surface area contributed by atoms with E-state index < -0.39 is 0 Å². The highest BCUT2D eigenvalue weighted by Crippen LogP contribution is 2.15. The number of amides is 2. The van der Waals surface area contributed by atoms with Crippen LogP contribution in [-0.4, -0.2) is 85.4 Å². The monoisotopic (exact) mass is 372 g/mol. The van der Waals surface area contributed by atoms with Gasteiger partial charge in [-0.3, -0.25) is 14.5 Å². The number of likely N-dealkylation sites (tertiary alicyclic amines) is 1. The third-order valence-electron chi connectivity index (χ3n) is 5.01. The molecule has 1 atom stereocenters. The van der Waals surface area contributed by atoms with Crippen molar-refractivity contribution in [2.45, 2.75) is 45.6 Å². The molecule has 1 N–H and O–H groups in total. The van der Waals surface area contributed by atoms with Gasteiger partial charge in [0.25, 0.3) is 0 Å². The summed E-state index contributed by atoms with van der Waals surface area (Å²) in [5.74, 6) is -0.0766. The summed E-state index contributed by atoms with van der Waals surface area (Å²) in [5.41, 5.74) is 0. The normalized spacial score (nSPS) is 20.9. The van der Waals surface area contributed by atoms with Gasteiger partial charge < -0.3 is 15.1 Å². The maximum atomic E-state index is 12.6. The van der Waals surface area contributed by atoms with E-state index in [-0.39, 0.29) is 37.3 Å². The van der Waals surface area contributed by atoms with Crippen LogP contribution in [0.25, 0.3) is 0 Å². The predicted molar refractivity (Wildman–Crippen MR) is 106 cm³/mol. The van der Waals surface area contributed by atoms with Crippen LogP contribution >= 0.6 is 13.5 Å². The minimum Gasteiger partial charge on any atom is -0.354 e. The van der Waals surface area contributed by atoms with Crippen LogP contribution in [0.2, 0.25) is 0 Å². The van der Waals surface area contributed by atoms with Gasteiger partial charge in [0.15, 0.2) is 0 Å². The van der Waals surface area contributed by atoms with Crippen LogP contribution in [0.3, 0.4) is 0 Å². The number of likely N-dealkylation sites (N-methyl/N-ethyl adjacent to an activating group) is 1. The van der Waals surface area contributed by atoms with Crippen LogP contribution in [0.1, 0.15) is 39.5 Å². The minimum atomic E-state index is -0.245. The van der Waals surface area contributed by atoms with Gasteiger partial charge in [0.2, 0.25) is 11.8 Å². The fraction of sp³-hybridized carbons (Fsp3) is 0.889. The van der Waals surface area contributed by atoms with Crippen molar-refractivity contribution >= 4 is 25.3 Å². The van der Waals surface area contributed by atoms with Gasteiger partial charge in [-0.05, 0) is 40.2 Å². The number of nitrogens with zero attached hydrogens (tertiary/aromatic N) is 3. The zero-order chi connectivity index (χ0) is 17.5. The van der Waals surface area contributed by atoms with E-state index in [4.69, 9.17) is 0 Å². The lowest BCUT2D eigenvalue weighted by Gasteiger charge is -2.35. The summed E-state index contributed by atoms with van der Waals surface area (Å²) in [6, 6.07) is 0.109. The van der Waals surface area contributed by atoms with Gasteiger partial charge in [0.05, 0.1) is 5.92 Å². The SMILES string of the molecule is CC(C)NC(=O)[C@@H](CC(=O)N1CCCCC1)CN1CCN(C)CC1.S. The van der Waals surface area contributed by atoms with Gasteiger partial charge in [0.1, 0.15) is 0 Å². The quantitative estimate of drug-likeness (QED) is 0.752. The Morgan fingerprint density at radius 2 is 1.56 bits per heavy atom. The molecule has 0 aromatic heterocycles. The lowest BCUT2D eigenvalue weighted by Crippen LogP contribution is -2.49. The number of carbonyl (C=O) groups is 2. The molecule has 2 rings (SSSR count).